The maximum atomic E-state index is 9.91. The van der Waals surface area contributed by atoms with Crippen LogP contribution >= 0.6 is 0 Å². The van der Waals surface area contributed by atoms with Crippen molar-refractivity contribution >= 4 is 60.4 Å². The molecule has 0 saturated carbocycles. The van der Waals surface area contributed by atoms with Crippen molar-refractivity contribution in [2.75, 3.05) is 4.90 Å². The van der Waals surface area contributed by atoms with Gasteiger partial charge in [-0.25, -0.2) is 0 Å². The smallest absolute Gasteiger partial charge is 0.0726 e. The van der Waals surface area contributed by atoms with Crippen LogP contribution in [0.1, 0.15) is 27.7 Å². The zero-order chi connectivity index (χ0) is 42.1. The van der Waals surface area contributed by atoms with Gasteiger partial charge in [-0.05, 0) is 109 Å². The molecule has 2 heteroatoms. The molecule has 0 bridgehead atoms. The molecule has 0 amide bonds. The standard InChI is InChI=1S/C57H36N2/c1-2-19-40(20-3-1)59-52-29-11-8-22-44(52)45-34-33-42(36-54(45)59)58(41-32-31-37-15-4-5-16-39(37)35-41)53-30-14-28-51-56(53)47-23-7-10-26-49(47)57(51)48-25-9-6-21-43(48)46-24-12-17-38-18-13-27-50(57)55(38)46/h1-36H/i7D,10D,23D,26D. The van der Waals surface area contributed by atoms with Crippen LogP contribution in [0.5, 0.6) is 0 Å². The van der Waals surface area contributed by atoms with E-state index in [9.17, 15) is 5.48 Å². The summed E-state index contributed by atoms with van der Waals surface area (Å²) in [4.78, 5) is 2.30. The first-order chi connectivity index (χ1) is 30.9. The van der Waals surface area contributed by atoms with Crippen molar-refractivity contribution in [1.82, 2.24) is 4.57 Å². The number of anilines is 3. The van der Waals surface area contributed by atoms with Gasteiger partial charge in [-0.3, -0.25) is 0 Å². The molecular formula is C57H36N2. The molecule has 0 radical (unpaired) electrons. The fraction of sp³-hybridized carbons (Fsp3) is 0.0175. The van der Waals surface area contributed by atoms with E-state index in [0.717, 1.165) is 99.5 Å². The van der Waals surface area contributed by atoms with Crippen LogP contribution in [-0.4, -0.2) is 4.57 Å². The highest BCUT2D eigenvalue weighted by molar-refractivity contribution is 6.12. The number of nitrogens with zero attached hydrogens (tertiary/aromatic N) is 2. The van der Waals surface area contributed by atoms with Gasteiger partial charge in [0.1, 0.15) is 0 Å². The molecule has 59 heavy (non-hydrogen) atoms. The second kappa shape index (κ2) is 12.2. The lowest BCUT2D eigenvalue weighted by Crippen LogP contribution is -2.31. The predicted octanol–water partition coefficient (Wildman–Crippen LogP) is 14.9. The van der Waals surface area contributed by atoms with Crippen molar-refractivity contribution in [3.63, 3.8) is 0 Å². The van der Waals surface area contributed by atoms with Gasteiger partial charge >= 0.3 is 0 Å². The van der Waals surface area contributed by atoms with Gasteiger partial charge in [-0.15, -0.1) is 0 Å². The van der Waals surface area contributed by atoms with Gasteiger partial charge in [-0.1, -0.05) is 170 Å². The molecule has 0 aliphatic heterocycles. The lowest BCUT2D eigenvalue weighted by molar-refractivity contribution is 0.773. The Balaban J connectivity index is 1.19. The van der Waals surface area contributed by atoms with Crippen LogP contribution in [0.15, 0.2) is 218 Å². The number of rotatable bonds is 4. The first-order valence-electron chi connectivity index (χ1n) is 22.2. The summed E-state index contributed by atoms with van der Waals surface area (Å²) >= 11 is 0. The van der Waals surface area contributed by atoms with Crippen LogP contribution in [0.25, 0.3) is 71.3 Å². The Kier molecular flexibility index (Phi) is 5.91. The molecule has 2 aliphatic rings. The molecule has 13 rings (SSSR count). The van der Waals surface area contributed by atoms with Crippen LogP contribution in [0, 0.1) is 0 Å². The van der Waals surface area contributed by atoms with Gasteiger partial charge in [-0.2, -0.15) is 0 Å². The first-order valence-corrected chi connectivity index (χ1v) is 20.2. The van der Waals surface area contributed by atoms with E-state index >= 15 is 0 Å². The predicted molar refractivity (Wildman–Crippen MR) is 247 cm³/mol. The van der Waals surface area contributed by atoms with Crippen molar-refractivity contribution in [1.29, 1.82) is 0 Å². The third kappa shape index (κ3) is 4.35. The summed E-state index contributed by atoms with van der Waals surface area (Å²) < 4.78 is 40.5. The summed E-state index contributed by atoms with van der Waals surface area (Å²) in [6, 6.07) is 67.8. The van der Waals surface area contributed by atoms with E-state index in [-0.39, 0.29) is 24.2 Å². The van der Waals surface area contributed by atoms with Gasteiger partial charge in [0, 0.05) is 33.4 Å². The van der Waals surface area contributed by atoms with E-state index in [1.165, 1.54) is 0 Å². The fourth-order valence-electron chi connectivity index (χ4n) is 10.5. The van der Waals surface area contributed by atoms with E-state index < -0.39 is 5.41 Å². The zero-order valence-electron chi connectivity index (χ0n) is 35.9. The van der Waals surface area contributed by atoms with Crippen LogP contribution < -0.4 is 4.90 Å². The van der Waals surface area contributed by atoms with E-state index in [4.69, 9.17) is 0 Å². The normalized spacial score (nSPS) is 15.8. The van der Waals surface area contributed by atoms with Crippen LogP contribution in [0.2, 0.25) is 0 Å². The summed E-state index contributed by atoms with van der Waals surface area (Å²) in [5, 5.41) is 6.71. The average molecular weight is 753 g/mol. The minimum atomic E-state index is -1.06. The molecule has 1 spiro atoms. The van der Waals surface area contributed by atoms with Crippen LogP contribution in [0.3, 0.4) is 0 Å². The van der Waals surface area contributed by atoms with Crippen molar-refractivity contribution in [2.24, 2.45) is 0 Å². The Hall–Kier alpha value is -7.68. The van der Waals surface area contributed by atoms with Crippen molar-refractivity contribution in [3.05, 3.63) is 241 Å². The Labute approximate surface area is 348 Å². The number of aromatic nitrogens is 1. The van der Waals surface area contributed by atoms with Crippen LogP contribution in [-0.2, 0) is 5.41 Å². The second-order valence-corrected chi connectivity index (χ2v) is 15.7. The first kappa shape index (κ1) is 28.7. The van der Waals surface area contributed by atoms with Crippen molar-refractivity contribution in [3.8, 4) is 27.9 Å². The van der Waals surface area contributed by atoms with Gasteiger partial charge in [0.2, 0.25) is 0 Å². The average Bonchev–Trinajstić information content (AvgIpc) is 3.83. The molecule has 274 valence electrons. The summed E-state index contributed by atoms with van der Waals surface area (Å²) in [6.07, 6.45) is 0. The quantitative estimate of drug-likeness (QED) is 0.174. The molecule has 11 aromatic rings. The molecule has 10 aromatic carbocycles. The molecular weight excluding hydrogens is 713 g/mol. The van der Waals surface area contributed by atoms with Gasteiger partial charge in [0.05, 0.1) is 27.6 Å². The SMILES string of the molecule is [2H]c1c([2H])c([2H])c2c(c1[2H])-c1c(N(c3ccc4ccccc4c3)c3ccc4c5ccccc5n(-c5ccccc5)c4c3)cccc1C21c2ccccc2-c2cccc3cccc1c23. The van der Waals surface area contributed by atoms with E-state index in [2.05, 4.69) is 198 Å². The summed E-state index contributed by atoms with van der Waals surface area (Å²) in [6.45, 7) is 0. The number of benzene rings is 10. The minimum absolute atomic E-state index is 0.0228. The summed E-state index contributed by atoms with van der Waals surface area (Å²) in [5.74, 6) is 0. The van der Waals surface area contributed by atoms with E-state index in [0.29, 0.717) is 11.1 Å². The molecule has 2 nitrogen and oxygen atoms in total. The second-order valence-electron chi connectivity index (χ2n) is 15.7. The molecule has 0 N–H and O–H groups in total. The van der Waals surface area contributed by atoms with Gasteiger partial charge < -0.3 is 9.47 Å². The highest BCUT2D eigenvalue weighted by Crippen LogP contribution is 2.64. The molecule has 1 heterocycles. The number of fused-ring (bicyclic) bond motifs is 13. The van der Waals surface area contributed by atoms with Crippen molar-refractivity contribution < 1.29 is 5.48 Å². The third-order valence-corrected chi connectivity index (χ3v) is 12.9. The molecule has 1 unspecified atom stereocenters. The molecule has 0 saturated heterocycles. The zero-order valence-corrected chi connectivity index (χ0v) is 31.9. The van der Waals surface area contributed by atoms with E-state index in [1.807, 2.05) is 6.07 Å². The summed E-state index contributed by atoms with van der Waals surface area (Å²) in [7, 11) is 0. The van der Waals surface area contributed by atoms with Gasteiger partial charge in [0.25, 0.3) is 0 Å². The minimum Gasteiger partial charge on any atom is -0.310 e. The monoisotopic (exact) mass is 752 g/mol. The topological polar surface area (TPSA) is 8.17 Å². The Morgan fingerprint density at radius 1 is 0.424 bits per heavy atom. The number of hydrogen-bond acceptors (Lipinski definition) is 1. The lowest BCUT2D eigenvalue weighted by Gasteiger charge is -2.40. The van der Waals surface area contributed by atoms with E-state index in [1.54, 1.807) is 0 Å². The molecule has 1 aromatic heterocycles. The fourth-order valence-corrected chi connectivity index (χ4v) is 10.5. The Morgan fingerprint density at radius 2 is 1.08 bits per heavy atom. The lowest BCUT2D eigenvalue weighted by atomic mass is 9.61. The van der Waals surface area contributed by atoms with Crippen molar-refractivity contribution in [2.45, 2.75) is 5.41 Å². The Morgan fingerprint density at radius 3 is 2.02 bits per heavy atom. The number of hydrogen-bond donors (Lipinski definition) is 0. The molecule has 1 atom stereocenters. The molecule has 0 fully saturated rings. The highest BCUT2D eigenvalue weighted by atomic mass is 15.1. The maximum Gasteiger partial charge on any atom is 0.0726 e. The number of para-hydroxylation sites is 2. The maximum absolute atomic E-state index is 9.91. The largest absolute Gasteiger partial charge is 0.310 e. The Bertz CT molecular complexity index is 3750. The molecule has 2 aliphatic carbocycles. The van der Waals surface area contributed by atoms with Gasteiger partial charge in [0.15, 0.2) is 0 Å². The third-order valence-electron chi connectivity index (χ3n) is 12.9. The summed E-state index contributed by atoms with van der Waals surface area (Å²) in [5.41, 5.74) is 11.9. The highest BCUT2D eigenvalue weighted by Gasteiger charge is 2.51. The van der Waals surface area contributed by atoms with Crippen LogP contribution in [0.4, 0.5) is 17.1 Å².